The quantitative estimate of drug-likeness (QED) is 0.190. The zero-order chi connectivity index (χ0) is 33.3. The molecule has 0 saturated carbocycles. The Morgan fingerprint density at radius 2 is 1.59 bits per heavy atom. The molecular weight excluding hydrogens is 615 g/mol. The summed E-state index contributed by atoms with van der Waals surface area (Å²) in [6.45, 7) is 9.30. The van der Waals surface area contributed by atoms with Crippen molar-refractivity contribution in [3.8, 4) is 5.69 Å². The van der Waals surface area contributed by atoms with Gasteiger partial charge in [-0.3, -0.25) is 5.32 Å². The van der Waals surface area contributed by atoms with Gasteiger partial charge in [0.2, 0.25) is 0 Å². The Hall–Kier alpha value is -4.16. The summed E-state index contributed by atoms with van der Waals surface area (Å²) >= 11 is 0. The van der Waals surface area contributed by atoms with Crippen LogP contribution in [0.15, 0.2) is 83.8 Å². The van der Waals surface area contributed by atoms with Crippen LogP contribution in [0.5, 0.6) is 0 Å². The van der Waals surface area contributed by atoms with Crippen molar-refractivity contribution in [2.75, 3.05) is 23.7 Å². The van der Waals surface area contributed by atoms with E-state index in [0.717, 1.165) is 29.1 Å². The number of nitrogens with zero attached hydrogens (tertiary/aromatic N) is 2. The smallest absolute Gasteiger partial charge is 0.317 e. The van der Waals surface area contributed by atoms with E-state index < -0.39 is 32.9 Å². The number of halogens is 3. The third kappa shape index (κ3) is 7.45. The number of alkyl halides is 3. The van der Waals surface area contributed by atoms with Gasteiger partial charge in [-0.15, -0.1) is 0 Å². The fourth-order valence-electron chi connectivity index (χ4n) is 5.60. The third-order valence-electron chi connectivity index (χ3n) is 8.13. The molecule has 1 aliphatic rings. The molecule has 8 nitrogen and oxygen atoms in total. The minimum Gasteiger partial charge on any atom is -0.317 e. The molecule has 0 aliphatic carbocycles. The summed E-state index contributed by atoms with van der Waals surface area (Å²) < 4.78 is 69.9. The van der Waals surface area contributed by atoms with Crippen molar-refractivity contribution in [3.63, 3.8) is 0 Å². The van der Waals surface area contributed by atoms with Gasteiger partial charge in [-0.25, -0.2) is 17.9 Å². The minimum absolute atomic E-state index is 0.266. The second-order valence-corrected chi connectivity index (χ2v) is 14.8. The number of anilines is 2. The molecule has 2 amide bonds. The molecule has 3 aromatic carbocycles. The number of nitrogens with one attached hydrogen (secondary N) is 3. The molecule has 1 saturated heterocycles. The van der Waals surface area contributed by atoms with Gasteiger partial charge in [0.1, 0.15) is 5.82 Å². The van der Waals surface area contributed by atoms with Crippen LogP contribution in [0.2, 0.25) is 0 Å². The molecule has 1 aliphatic heterocycles. The minimum atomic E-state index is -4.67. The highest BCUT2D eigenvalue weighted by molar-refractivity contribution is 7.91. The molecule has 1 aromatic heterocycles. The normalized spacial score (nSPS) is 15.4. The lowest BCUT2D eigenvalue weighted by Gasteiger charge is -2.31. The maximum Gasteiger partial charge on any atom is 0.416 e. The average Bonchev–Trinajstić information content (AvgIpc) is 3.43. The number of aromatic nitrogens is 2. The maximum atomic E-state index is 13.9. The maximum absolute atomic E-state index is 13.9. The van der Waals surface area contributed by atoms with Crippen LogP contribution in [0.25, 0.3) is 5.69 Å². The van der Waals surface area contributed by atoms with Crippen molar-refractivity contribution in [1.29, 1.82) is 0 Å². The molecule has 12 heteroatoms. The fraction of sp³-hybridized carbons (Fsp3) is 0.353. The van der Waals surface area contributed by atoms with Crippen molar-refractivity contribution in [2.24, 2.45) is 5.92 Å². The number of benzene rings is 3. The summed E-state index contributed by atoms with van der Waals surface area (Å²) in [6, 6.07) is 19.4. The van der Waals surface area contributed by atoms with Gasteiger partial charge in [-0.05, 0) is 86.8 Å². The summed E-state index contributed by atoms with van der Waals surface area (Å²) in [5.41, 5.74) is 2.25. The van der Waals surface area contributed by atoms with Crippen molar-refractivity contribution < 1.29 is 26.4 Å². The van der Waals surface area contributed by atoms with Gasteiger partial charge in [0.25, 0.3) is 0 Å². The third-order valence-corrected chi connectivity index (χ3v) is 10.4. The van der Waals surface area contributed by atoms with Crippen LogP contribution in [0.3, 0.4) is 0 Å². The number of hydrogen-bond donors (Lipinski definition) is 3. The topological polar surface area (TPSA) is 105 Å². The number of sulfone groups is 1. The van der Waals surface area contributed by atoms with Crippen LogP contribution in [-0.2, 0) is 21.4 Å². The number of piperidine rings is 1. The standard InChI is InChI=1S/C34H38F3N5O3S/c1-22-8-14-27(15-9-22)42-30(21-29(41-42)33(2,3)4)40-32(43)39-26-12-10-23(11-13-26)31(24-16-18-38-19-17-24)46(44,45)28-7-5-6-25(20-28)34(35,36)37/h5-15,20-21,24,31,38H,16-19H2,1-4H3,(H2,39,40,43). The van der Waals surface area contributed by atoms with Crippen LogP contribution in [0.4, 0.5) is 29.5 Å². The first-order valence-corrected chi connectivity index (χ1v) is 16.6. The van der Waals surface area contributed by atoms with E-state index in [1.165, 1.54) is 6.07 Å². The summed E-state index contributed by atoms with van der Waals surface area (Å²) in [7, 11) is -4.19. The summed E-state index contributed by atoms with van der Waals surface area (Å²) in [6.07, 6.45) is -3.57. The molecule has 0 spiro atoms. The summed E-state index contributed by atoms with van der Waals surface area (Å²) in [5.74, 6) is 0.169. The van der Waals surface area contributed by atoms with Gasteiger partial charge in [0.15, 0.2) is 9.84 Å². The SMILES string of the molecule is Cc1ccc(-n2nc(C(C)(C)C)cc2NC(=O)Nc2ccc(C(C3CCNCC3)S(=O)(=O)c3cccc(C(F)(F)F)c3)cc2)cc1. The van der Waals surface area contributed by atoms with Crippen molar-refractivity contribution in [2.45, 2.75) is 62.3 Å². The molecule has 0 bridgehead atoms. The Morgan fingerprint density at radius 3 is 2.20 bits per heavy atom. The van der Waals surface area contributed by atoms with Gasteiger partial charge in [-0.2, -0.15) is 18.3 Å². The van der Waals surface area contributed by atoms with E-state index in [0.29, 0.717) is 49.1 Å². The Bertz CT molecular complexity index is 1790. The van der Waals surface area contributed by atoms with Gasteiger partial charge < -0.3 is 10.6 Å². The number of carbonyl (C=O) groups is 1. The van der Waals surface area contributed by atoms with Crippen molar-refractivity contribution in [1.82, 2.24) is 15.1 Å². The number of carbonyl (C=O) groups excluding carboxylic acids is 1. The summed E-state index contributed by atoms with van der Waals surface area (Å²) in [5, 5.41) is 12.6. The molecule has 4 aromatic rings. The second kappa shape index (κ2) is 12.9. The number of amides is 2. The monoisotopic (exact) mass is 653 g/mol. The molecule has 2 heterocycles. The molecule has 244 valence electrons. The molecule has 3 N–H and O–H groups in total. The van der Waals surface area contributed by atoms with Gasteiger partial charge in [0.05, 0.1) is 27.1 Å². The van der Waals surface area contributed by atoms with Crippen molar-refractivity contribution >= 4 is 27.4 Å². The number of aryl methyl sites for hydroxylation is 1. The Labute approximate surface area is 267 Å². The van der Waals surface area contributed by atoms with E-state index in [1.807, 2.05) is 58.0 Å². The lowest BCUT2D eigenvalue weighted by molar-refractivity contribution is -0.137. The van der Waals surface area contributed by atoms with Crippen LogP contribution in [-0.4, -0.2) is 37.3 Å². The molecular formula is C34H38F3N5O3S. The first-order chi connectivity index (χ1) is 21.6. The van der Waals surface area contributed by atoms with E-state index in [2.05, 4.69) is 16.0 Å². The molecule has 1 atom stereocenters. The van der Waals surface area contributed by atoms with E-state index >= 15 is 0 Å². The van der Waals surface area contributed by atoms with Crippen molar-refractivity contribution in [3.05, 3.63) is 101 Å². The molecule has 5 rings (SSSR count). The fourth-order valence-corrected chi connectivity index (χ4v) is 7.75. The first-order valence-electron chi connectivity index (χ1n) is 15.1. The molecule has 0 radical (unpaired) electrons. The highest BCUT2D eigenvalue weighted by Gasteiger charge is 2.38. The van der Waals surface area contributed by atoms with E-state index in [4.69, 9.17) is 5.10 Å². The average molecular weight is 654 g/mol. The Balaban J connectivity index is 1.39. The molecule has 1 fully saturated rings. The highest BCUT2D eigenvalue weighted by atomic mass is 32.2. The molecule has 1 unspecified atom stereocenters. The van der Waals surface area contributed by atoms with Crippen LogP contribution in [0.1, 0.15) is 61.2 Å². The van der Waals surface area contributed by atoms with E-state index in [-0.39, 0.29) is 16.2 Å². The first kappa shape index (κ1) is 33.2. The highest BCUT2D eigenvalue weighted by Crippen LogP contribution is 2.41. The van der Waals surface area contributed by atoms with Crippen LogP contribution < -0.4 is 16.0 Å². The van der Waals surface area contributed by atoms with Gasteiger partial charge >= 0.3 is 12.2 Å². The largest absolute Gasteiger partial charge is 0.416 e. The number of urea groups is 1. The summed E-state index contributed by atoms with van der Waals surface area (Å²) in [4.78, 5) is 12.8. The van der Waals surface area contributed by atoms with Gasteiger partial charge in [0, 0.05) is 17.2 Å². The predicted octanol–water partition coefficient (Wildman–Crippen LogP) is 7.66. The van der Waals surface area contributed by atoms with Gasteiger partial charge in [-0.1, -0.05) is 56.7 Å². The van der Waals surface area contributed by atoms with E-state index in [9.17, 15) is 26.4 Å². The lowest BCUT2D eigenvalue weighted by Crippen LogP contribution is -2.33. The second-order valence-electron chi connectivity index (χ2n) is 12.7. The lowest BCUT2D eigenvalue weighted by atomic mass is 9.90. The van der Waals surface area contributed by atoms with Crippen LogP contribution >= 0.6 is 0 Å². The van der Waals surface area contributed by atoms with Crippen LogP contribution in [0, 0.1) is 12.8 Å². The Kier molecular flexibility index (Phi) is 9.33. The molecule has 46 heavy (non-hydrogen) atoms. The zero-order valence-corrected chi connectivity index (χ0v) is 27.0. The number of hydrogen-bond acceptors (Lipinski definition) is 5. The predicted molar refractivity (Wildman–Crippen MR) is 173 cm³/mol. The number of rotatable bonds is 7. The van der Waals surface area contributed by atoms with E-state index in [1.54, 1.807) is 28.9 Å². The Morgan fingerprint density at radius 1 is 0.935 bits per heavy atom. The zero-order valence-electron chi connectivity index (χ0n) is 26.1.